The third-order valence-electron chi connectivity index (χ3n) is 8.37. The molecule has 0 radical (unpaired) electrons. The first-order chi connectivity index (χ1) is 19.8. The van der Waals surface area contributed by atoms with Crippen LogP contribution in [0.4, 0.5) is 10.5 Å². The summed E-state index contributed by atoms with van der Waals surface area (Å²) < 4.78 is 13.4. The lowest BCUT2D eigenvalue weighted by Crippen LogP contribution is -2.53. The van der Waals surface area contributed by atoms with Crippen LogP contribution in [0, 0.1) is 0 Å². The van der Waals surface area contributed by atoms with Crippen molar-refractivity contribution in [2.45, 2.75) is 76.7 Å². The molecule has 0 saturated carbocycles. The van der Waals surface area contributed by atoms with Gasteiger partial charge in [0.1, 0.15) is 23.3 Å². The summed E-state index contributed by atoms with van der Waals surface area (Å²) >= 11 is 1.29. The van der Waals surface area contributed by atoms with Crippen LogP contribution in [0.2, 0.25) is 0 Å². The number of ether oxygens (including phenoxy) is 2. The Morgan fingerprint density at radius 3 is 2.76 bits per heavy atom. The average molecular weight is 578 g/mol. The number of aromatic nitrogens is 2. The number of hydrogen-bond acceptors (Lipinski definition) is 7. The van der Waals surface area contributed by atoms with E-state index < -0.39 is 17.5 Å². The Morgan fingerprint density at radius 1 is 1.17 bits per heavy atom. The van der Waals surface area contributed by atoms with Gasteiger partial charge in [-0.2, -0.15) is 5.10 Å². The summed E-state index contributed by atoms with van der Waals surface area (Å²) in [6, 6.07) is 9.43. The summed E-state index contributed by atoms with van der Waals surface area (Å²) in [4.78, 5) is 42.3. The standard InChI is InChI=1S/C30H35N5O5S/c1-30(14-8-15-34(30)29(38)40-18-19-9-3-2-4-10-19)28(37)32-24-20-11-7-12-22-21(25(20)41-26(24)27(31)36)17-35(33-22)23-13-5-6-16-39-23/h2-4,9-10,17,23H,5-8,11-16,18H2,1H3,(H2,31,36)(H,32,37). The second kappa shape index (κ2) is 11.3. The topological polar surface area (TPSA) is 129 Å². The zero-order chi connectivity index (χ0) is 28.6. The van der Waals surface area contributed by atoms with Crippen LogP contribution in [0.3, 0.4) is 0 Å². The largest absolute Gasteiger partial charge is 0.445 e. The highest BCUT2D eigenvalue weighted by Crippen LogP contribution is 2.45. The lowest BCUT2D eigenvalue weighted by Gasteiger charge is -2.33. The summed E-state index contributed by atoms with van der Waals surface area (Å²) in [5.41, 5.74) is 8.83. The number of rotatable bonds is 6. The quantitative estimate of drug-likeness (QED) is 0.423. The molecule has 11 heteroatoms. The number of anilines is 1. The molecule has 2 unspecified atom stereocenters. The number of thiophene rings is 1. The number of carbonyl (C=O) groups excluding carboxylic acids is 3. The molecule has 3 amide bonds. The lowest BCUT2D eigenvalue weighted by atomic mass is 9.97. The fraction of sp³-hybridized carbons (Fsp3) is 0.467. The Kier molecular flexibility index (Phi) is 7.56. The number of fused-ring (bicyclic) bond motifs is 3. The maximum absolute atomic E-state index is 13.9. The third kappa shape index (κ3) is 5.24. The summed E-state index contributed by atoms with van der Waals surface area (Å²) in [6.45, 7) is 3.00. The Labute approximate surface area is 242 Å². The molecule has 1 aliphatic carbocycles. The SMILES string of the molecule is CC1(C(=O)Nc2c(C(N)=O)sc3c2CCCc2nn(C4CCCCO4)cc2-3)CCCN1C(=O)OCc1ccccc1. The van der Waals surface area contributed by atoms with E-state index in [0.717, 1.165) is 66.0 Å². The molecule has 1 aromatic carbocycles. The number of nitrogens with two attached hydrogens (primary N) is 1. The van der Waals surface area contributed by atoms with Crippen LogP contribution in [0.25, 0.3) is 10.4 Å². The minimum absolute atomic E-state index is 0.0937. The number of likely N-dealkylation sites (tertiary alicyclic amines) is 1. The van der Waals surface area contributed by atoms with E-state index in [1.165, 1.54) is 16.2 Å². The number of hydrogen-bond donors (Lipinski definition) is 2. The predicted molar refractivity (Wildman–Crippen MR) is 155 cm³/mol. The van der Waals surface area contributed by atoms with Gasteiger partial charge >= 0.3 is 6.09 Å². The van der Waals surface area contributed by atoms with E-state index in [0.29, 0.717) is 36.4 Å². The highest BCUT2D eigenvalue weighted by atomic mass is 32.1. The average Bonchev–Trinajstić information content (AvgIpc) is 3.66. The summed E-state index contributed by atoms with van der Waals surface area (Å²) in [5, 5.41) is 7.90. The van der Waals surface area contributed by atoms with Gasteiger partial charge in [0, 0.05) is 29.8 Å². The number of carbonyl (C=O) groups is 3. The first-order valence-corrected chi connectivity index (χ1v) is 15.1. The van der Waals surface area contributed by atoms with Gasteiger partial charge < -0.3 is 20.5 Å². The highest BCUT2D eigenvalue weighted by Gasteiger charge is 2.47. The van der Waals surface area contributed by atoms with Crippen molar-refractivity contribution < 1.29 is 23.9 Å². The summed E-state index contributed by atoms with van der Waals surface area (Å²) in [5.74, 6) is -0.954. The molecule has 41 heavy (non-hydrogen) atoms. The van der Waals surface area contributed by atoms with Crippen LogP contribution >= 0.6 is 11.3 Å². The van der Waals surface area contributed by atoms with Gasteiger partial charge in [0.15, 0.2) is 0 Å². The molecule has 2 fully saturated rings. The van der Waals surface area contributed by atoms with Gasteiger partial charge in [-0.15, -0.1) is 11.3 Å². The molecule has 10 nitrogen and oxygen atoms in total. The smallest absolute Gasteiger partial charge is 0.410 e. The van der Waals surface area contributed by atoms with Crippen LogP contribution in [0.15, 0.2) is 36.5 Å². The fourth-order valence-electron chi connectivity index (χ4n) is 6.08. The van der Waals surface area contributed by atoms with Gasteiger partial charge in [-0.25, -0.2) is 9.48 Å². The zero-order valence-electron chi connectivity index (χ0n) is 23.2. The molecule has 0 bridgehead atoms. The number of aryl methyl sites for hydroxylation is 1. The molecule has 216 valence electrons. The molecule has 3 N–H and O–H groups in total. The van der Waals surface area contributed by atoms with Crippen molar-refractivity contribution in [1.29, 1.82) is 0 Å². The van der Waals surface area contributed by atoms with E-state index in [1.807, 2.05) is 41.2 Å². The second-order valence-corrected chi connectivity index (χ2v) is 12.2. The predicted octanol–water partition coefficient (Wildman–Crippen LogP) is 5.03. The van der Waals surface area contributed by atoms with E-state index in [1.54, 1.807) is 6.92 Å². The zero-order valence-corrected chi connectivity index (χ0v) is 24.0. The van der Waals surface area contributed by atoms with Crippen LogP contribution in [0.5, 0.6) is 0 Å². The van der Waals surface area contributed by atoms with Gasteiger partial charge in [-0.1, -0.05) is 30.3 Å². The van der Waals surface area contributed by atoms with Crippen molar-refractivity contribution in [3.8, 4) is 10.4 Å². The normalized spacial score (nSPS) is 22.0. The first kappa shape index (κ1) is 27.5. The van der Waals surface area contributed by atoms with Crippen LogP contribution in [-0.2, 0) is 33.7 Å². The Hall–Kier alpha value is -3.70. The van der Waals surface area contributed by atoms with E-state index in [9.17, 15) is 14.4 Å². The van der Waals surface area contributed by atoms with Crippen LogP contribution in [-0.4, -0.2) is 51.3 Å². The molecule has 4 heterocycles. The lowest BCUT2D eigenvalue weighted by molar-refractivity contribution is -0.125. The van der Waals surface area contributed by atoms with Gasteiger partial charge in [0.05, 0.1) is 11.4 Å². The second-order valence-electron chi connectivity index (χ2n) is 11.1. The minimum atomic E-state index is -1.13. The van der Waals surface area contributed by atoms with Gasteiger partial charge in [-0.05, 0) is 69.4 Å². The molecule has 3 aromatic rings. The number of amides is 3. The fourth-order valence-corrected chi connectivity index (χ4v) is 7.27. The maximum Gasteiger partial charge on any atom is 0.410 e. The van der Waals surface area contributed by atoms with Crippen LogP contribution < -0.4 is 11.1 Å². The third-order valence-corrected chi connectivity index (χ3v) is 9.65. The monoisotopic (exact) mass is 577 g/mol. The number of nitrogens with one attached hydrogen (secondary N) is 1. The Bertz CT molecular complexity index is 1460. The van der Waals surface area contributed by atoms with Gasteiger partial charge in [-0.3, -0.25) is 14.5 Å². The number of benzene rings is 1. The molecule has 2 atom stereocenters. The molecule has 6 rings (SSSR count). The molecule has 2 aliphatic heterocycles. The number of primary amides is 1. The molecule has 3 aliphatic rings. The van der Waals surface area contributed by atoms with Gasteiger partial charge in [0.2, 0.25) is 5.91 Å². The first-order valence-electron chi connectivity index (χ1n) is 14.3. The van der Waals surface area contributed by atoms with Crippen molar-refractivity contribution in [2.24, 2.45) is 5.73 Å². The van der Waals surface area contributed by atoms with Crippen molar-refractivity contribution in [2.75, 3.05) is 18.5 Å². The molecule has 2 saturated heterocycles. The van der Waals surface area contributed by atoms with Crippen molar-refractivity contribution in [1.82, 2.24) is 14.7 Å². The van der Waals surface area contributed by atoms with E-state index >= 15 is 0 Å². The van der Waals surface area contributed by atoms with Crippen molar-refractivity contribution in [3.63, 3.8) is 0 Å². The van der Waals surface area contributed by atoms with Crippen molar-refractivity contribution in [3.05, 3.63) is 58.2 Å². The molecule has 2 aromatic heterocycles. The molecular weight excluding hydrogens is 542 g/mol. The van der Waals surface area contributed by atoms with E-state index in [4.69, 9.17) is 20.3 Å². The van der Waals surface area contributed by atoms with Crippen LogP contribution in [0.1, 0.15) is 78.2 Å². The minimum Gasteiger partial charge on any atom is -0.445 e. The highest BCUT2D eigenvalue weighted by molar-refractivity contribution is 7.18. The molecule has 0 spiro atoms. The number of nitrogens with zero attached hydrogens (tertiary/aromatic N) is 3. The van der Waals surface area contributed by atoms with Crippen molar-refractivity contribution >= 4 is 34.9 Å². The van der Waals surface area contributed by atoms with E-state index in [2.05, 4.69) is 5.32 Å². The van der Waals surface area contributed by atoms with Gasteiger partial charge in [0.25, 0.3) is 5.91 Å². The summed E-state index contributed by atoms with van der Waals surface area (Å²) in [6.07, 6.45) is 7.86. The van der Waals surface area contributed by atoms with E-state index in [-0.39, 0.29) is 18.7 Å². The summed E-state index contributed by atoms with van der Waals surface area (Å²) in [7, 11) is 0. The Balaban J connectivity index is 1.26. The Morgan fingerprint density at radius 2 is 2.00 bits per heavy atom. The molecular formula is C30H35N5O5S. The maximum atomic E-state index is 13.9.